The number of tetrazole rings is 1. The van der Waals surface area contributed by atoms with Gasteiger partial charge in [0.2, 0.25) is 0 Å². The molecule has 0 bridgehead atoms. The van der Waals surface area contributed by atoms with Gasteiger partial charge in [0.15, 0.2) is 5.78 Å². The minimum absolute atomic E-state index is 0.145. The lowest BCUT2D eigenvalue weighted by molar-refractivity contribution is -0.133. The lowest BCUT2D eigenvalue weighted by Crippen LogP contribution is -2.51. The van der Waals surface area contributed by atoms with Crippen LogP contribution in [-0.4, -0.2) is 36.7 Å². The Balaban J connectivity index is 1.31. The Morgan fingerprint density at radius 1 is 1.10 bits per heavy atom. The molecule has 0 radical (unpaired) electrons. The summed E-state index contributed by atoms with van der Waals surface area (Å²) in [4.78, 5) is 13.3. The number of rotatable bonds is 4. The third-order valence-corrected chi connectivity index (χ3v) is 10.2. The first-order valence-corrected chi connectivity index (χ1v) is 12.3. The molecule has 0 unspecified atom stereocenters. The molecule has 8 atom stereocenters. The van der Waals surface area contributed by atoms with Gasteiger partial charge < -0.3 is 5.11 Å². The Morgan fingerprint density at radius 2 is 1.90 bits per heavy atom. The molecule has 4 saturated carbocycles. The number of carbonyl (C=O) groups is 1. The van der Waals surface area contributed by atoms with Crippen molar-refractivity contribution >= 4 is 5.78 Å². The summed E-state index contributed by atoms with van der Waals surface area (Å²) in [5.74, 6) is 5.01. The third-order valence-electron chi connectivity index (χ3n) is 10.2. The molecule has 6 heteroatoms. The van der Waals surface area contributed by atoms with Crippen LogP contribution in [0.25, 0.3) is 0 Å². The zero-order valence-electron chi connectivity index (χ0n) is 18.9. The molecule has 5 rings (SSSR count). The Hall–Kier alpha value is -1.30. The van der Waals surface area contributed by atoms with E-state index in [2.05, 4.69) is 29.4 Å². The number of hydrogen-bond donors (Lipinski definition) is 1. The fraction of sp³-hybridized carbons (Fsp3) is 0.917. The summed E-state index contributed by atoms with van der Waals surface area (Å²) in [7, 11) is 0. The molecule has 1 aromatic rings. The topological polar surface area (TPSA) is 80.9 Å². The van der Waals surface area contributed by atoms with Crippen LogP contribution in [0.2, 0.25) is 0 Å². The standard InChI is InChI=1S/C24H38N4O2/c1-4-24(30)12-10-17-16(13-24)5-6-19-18(17)9-11-23(3)20(19)7-8-21(23)22(29)14-28-15(2)25-26-27-28/h16-21,30H,4-14H2,1-3H3/t16-,17-,18+,19+,20-,21+,23-,24+/m0/s1. The van der Waals surface area contributed by atoms with E-state index in [0.717, 1.165) is 55.2 Å². The van der Waals surface area contributed by atoms with Gasteiger partial charge in [0.25, 0.3) is 0 Å². The van der Waals surface area contributed by atoms with E-state index < -0.39 is 5.60 Å². The van der Waals surface area contributed by atoms with Crippen LogP contribution >= 0.6 is 0 Å². The van der Waals surface area contributed by atoms with Crippen LogP contribution in [0.3, 0.4) is 0 Å². The monoisotopic (exact) mass is 414 g/mol. The molecule has 30 heavy (non-hydrogen) atoms. The van der Waals surface area contributed by atoms with Crippen LogP contribution in [0, 0.1) is 47.8 Å². The lowest BCUT2D eigenvalue weighted by Gasteiger charge is -2.57. The number of aliphatic hydroxyl groups is 1. The zero-order chi connectivity index (χ0) is 21.1. The summed E-state index contributed by atoms with van der Waals surface area (Å²) in [6, 6.07) is 0. The minimum atomic E-state index is -0.406. The van der Waals surface area contributed by atoms with Gasteiger partial charge in [-0.05, 0) is 117 Å². The maximum absolute atomic E-state index is 13.3. The second-order valence-electron chi connectivity index (χ2n) is 11.3. The van der Waals surface area contributed by atoms with Crippen molar-refractivity contribution in [2.75, 3.05) is 0 Å². The quantitative estimate of drug-likeness (QED) is 0.806. The minimum Gasteiger partial charge on any atom is -0.390 e. The number of fused-ring (bicyclic) bond motifs is 5. The Morgan fingerprint density at radius 3 is 2.63 bits per heavy atom. The molecule has 1 N–H and O–H groups in total. The highest BCUT2D eigenvalue weighted by atomic mass is 16.3. The maximum Gasteiger partial charge on any atom is 0.158 e. The SMILES string of the molecule is CC[C@@]1(O)CC[C@H]2[C@@H](CC[C@@H]3[C@@H]2CC[C@]2(C)[C@@H](C(=O)Cn4nnnc4C)CC[C@@H]32)C1. The van der Waals surface area contributed by atoms with Crippen LogP contribution in [0.15, 0.2) is 0 Å². The predicted molar refractivity (Wildman–Crippen MR) is 113 cm³/mol. The smallest absolute Gasteiger partial charge is 0.158 e. The van der Waals surface area contributed by atoms with Crippen LogP contribution < -0.4 is 0 Å². The second kappa shape index (κ2) is 7.39. The van der Waals surface area contributed by atoms with Gasteiger partial charge in [-0.2, -0.15) is 0 Å². The normalized spacial score (nSPS) is 45.5. The van der Waals surface area contributed by atoms with Crippen LogP contribution in [0.4, 0.5) is 0 Å². The third kappa shape index (κ3) is 3.16. The number of Topliss-reactive ketones (excluding diaryl/α,β-unsaturated/α-hetero) is 1. The van der Waals surface area contributed by atoms with Gasteiger partial charge in [-0.25, -0.2) is 4.68 Å². The average Bonchev–Trinajstić information content (AvgIpc) is 3.30. The number of nitrogens with zero attached hydrogens (tertiary/aromatic N) is 4. The average molecular weight is 415 g/mol. The van der Waals surface area contributed by atoms with E-state index in [-0.39, 0.29) is 11.3 Å². The molecule has 4 aliphatic carbocycles. The van der Waals surface area contributed by atoms with Gasteiger partial charge in [0.1, 0.15) is 12.4 Å². The number of hydrogen-bond acceptors (Lipinski definition) is 5. The lowest BCUT2D eigenvalue weighted by atomic mass is 9.48. The Bertz CT molecular complexity index is 809. The van der Waals surface area contributed by atoms with E-state index in [1.54, 1.807) is 4.68 Å². The highest BCUT2D eigenvalue weighted by Crippen LogP contribution is 2.64. The molecule has 0 amide bonds. The number of aromatic nitrogens is 4. The van der Waals surface area contributed by atoms with E-state index in [9.17, 15) is 9.90 Å². The molecular weight excluding hydrogens is 376 g/mol. The highest BCUT2D eigenvalue weighted by molar-refractivity contribution is 5.82. The predicted octanol–water partition coefficient (Wildman–Crippen LogP) is 3.96. The first-order valence-electron chi connectivity index (χ1n) is 12.3. The summed E-state index contributed by atoms with van der Waals surface area (Å²) in [5, 5.41) is 22.5. The summed E-state index contributed by atoms with van der Waals surface area (Å²) < 4.78 is 1.66. The van der Waals surface area contributed by atoms with Gasteiger partial charge in [0, 0.05) is 5.92 Å². The number of aryl methyl sites for hydroxylation is 1. The van der Waals surface area contributed by atoms with Crippen LogP contribution in [0.1, 0.15) is 83.9 Å². The van der Waals surface area contributed by atoms with E-state index >= 15 is 0 Å². The van der Waals surface area contributed by atoms with E-state index in [1.807, 2.05) is 6.92 Å². The molecule has 0 spiro atoms. The van der Waals surface area contributed by atoms with Crippen molar-refractivity contribution < 1.29 is 9.90 Å². The Kier molecular flexibility index (Phi) is 5.07. The maximum atomic E-state index is 13.3. The fourth-order valence-corrected chi connectivity index (χ4v) is 8.47. The van der Waals surface area contributed by atoms with E-state index in [0.29, 0.717) is 18.2 Å². The van der Waals surface area contributed by atoms with Crippen molar-refractivity contribution in [1.29, 1.82) is 0 Å². The van der Waals surface area contributed by atoms with E-state index in [4.69, 9.17) is 0 Å². The molecule has 1 aromatic heterocycles. The second-order valence-corrected chi connectivity index (χ2v) is 11.3. The molecule has 166 valence electrons. The van der Waals surface area contributed by atoms with Gasteiger partial charge in [-0.3, -0.25) is 4.79 Å². The van der Waals surface area contributed by atoms with Gasteiger partial charge in [-0.15, -0.1) is 5.10 Å². The summed E-state index contributed by atoms with van der Waals surface area (Å²) in [6.07, 6.45) is 11.4. The summed E-state index contributed by atoms with van der Waals surface area (Å²) >= 11 is 0. The molecular formula is C24H38N4O2. The van der Waals surface area contributed by atoms with Crippen molar-refractivity contribution in [1.82, 2.24) is 20.2 Å². The van der Waals surface area contributed by atoms with Crippen molar-refractivity contribution in [3.05, 3.63) is 5.82 Å². The summed E-state index contributed by atoms with van der Waals surface area (Å²) in [5.41, 5.74) is -0.262. The molecule has 4 fully saturated rings. The first kappa shape index (κ1) is 20.6. The molecule has 0 aromatic carbocycles. The van der Waals surface area contributed by atoms with Crippen molar-refractivity contribution in [3.8, 4) is 0 Å². The van der Waals surface area contributed by atoms with Crippen LogP contribution in [0.5, 0.6) is 0 Å². The van der Waals surface area contributed by atoms with Crippen molar-refractivity contribution in [2.24, 2.45) is 40.9 Å². The largest absolute Gasteiger partial charge is 0.390 e. The number of carbonyl (C=O) groups excluding carboxylic acids is 1. The molecule has 6 nitrogen and oxygen atoms in total. The zero-order valence-corrected chi connectivity index (χ0v) is 18.9. The molecule has 4 aliphatic rings. The van der Waals surface area contributed by atoms with Crippen molar-refractivity contribution in [3.63, 3.8) is 0 Å². The Labute approximate surface area is 180 Å². The molecule has 0 aliphatic heterocycles. The molecule has 1 heterocycles. The summed E-state index contributed by atoms with van der Waals surface area (Å²) in [6.45, 7) is 6.74. The highest BCUT2D eigenvalue weighted by Gasteiger charge is 2.58. The van der Waals surface area contributed by atoms with Gasteiger partial charge in [-0.1, -0.05) is 13.8 Å². The molecule has 0 saturated heterocycles. The number of ketones is 1. The van der Waals surface area contributed by atoms with Crippen LogP contribution in [-0.2, 0) is 11.3 Å². The van der Waals surface area contributed by atoms with Gasteiger partial charge >= 0.3 is 0 Å². The fourth-order valence-electron chi connectivity index (χ4n) is 8.47. The first-order chi connectivity index (χ1) is 14.3. The van der Waals surface area contributed by atoms with E-state index in [1.165, 1.54) is 38.5 Å². The van der Waals surface area contributed by atoms with Crippen molar-refractivity contribution in [2.45, 2.75) is 97.1 Å². The van der Waals surface area contributed by atoms with Gasteiger partial charge in [0.05, 0.1) is 5.60 Å².